The van der Waals surface area contributed by atoms with Gasteiger partial charge in [-0.05, 0) is 168 Å². The quantitative estimate of drug-likeness (QED) is 0.183. The first-order chi connectivity index (χ1) is 45.5. The first-order valence-electron chi connectivity index (χ1n) is 45.5. The lowest BCUT2D eigenvalue weighted by Gasteiger charge is -2.49. The van der Waals surface area contributed by atoms with Crippen molar-refractivity contribution in [3.63, 3.8) is 0 Å². The molecule has 0 aromatic carbocycles. The molecule has 0 heterocycles. The Bertz CT molecular complexity index is 1890. The summed E-state index contributed by atoms with van der Waals surface area (Å²) >= 11 is 0. The summed E-state index contributed by atoms with van der Waals surface area (Å²) in [6.45, 7) is 166. The standard InChI is InChI=1S/C11H24.2C10H22.4C9H20.5C8H18/c1-9(2,3)11(7,8)10(4,5)6;1-8(9(2,3)4)10(5,6)7;1-8(2)10(6,7)9(3,4)5;2*1-7-9(5,6)8(2,3)4;1-7(2)8(3)9(4,5)6;1-7(2)9(5,6)8(3)4;1-7(2,3)8(4,5)6;2*1-6-7(2)8(3,4)5;1-6-8(4,5)7(2)3;1-6(2)8(5)7(3)4/h1-8H3;2*8H,1-7H3;2*7H2,1-6H3;2*7-8H,1-6H3;1-6H3;3*7H,6H2,1-5H3;6-8H,1-5H3/t;;;;;8-;;;7-;;;/m.....1..1.../s1. The van der Waals surface area contributed by atoms with Gasteiger partial charge in [0.05, 0.1) is 0 Å². The summed E-state index contributed by atoms with van der Waals surface area (Å²) in [6, 6.07) is 0. The van der Waals surface area contributed by atoms with Crippen molar-refractivity contribution in [3.8, 4) is 0 Å². The van der Waals surface area contributed by atoms with Crippen molar-refractivity contribution in [2.75, 3.05) is 0 Å². The second kappa shape index (κ2) is 52.6. The van der Waals surface area contributed by atoms with Gasteiger partial charge in [0.1, 0.15) is 0 Å². The SMILES string of the molecule is CC(C(C)(C)C)C(C)(C)C.CC(C)(C)C(C)(C)C.CC(C)(C)C(C)(C)C(C)(C)C.CC(C)C(C)(C)C(C)(C)C.CC(C)C(C)(C)C(C)C.CC(C)C(C)C(C)C.CC(C)[C@@H](C)C(C)(C)C.CCC(C)(C)C(C)(C)C.CCC(C)(C)C(C)(C)C.CCC(C)(C)C(C)C.CCC(C)C(C)(C)C.CC[C@@H](C)C(C)(C)C. The Hall–Kier alpha value is 0. The first-order valence-corrected chi connectivity index (χ1v) is 45.5. The van der Waals surface area contributed by atoms with Crippen LogP contribution in [0.3, 0.4) is 0 Å². The predicted octanol–water partition coefficient (Wildman–Crippen LogP) is 40.4. The summed E-state index contributed by atoms with van der Waals surface area (Å²) in [5, 5.41) is 0. The van der Waals surface area contributed by atoms with E-state index in [4.69, 9.17) is 0 Å². The minimum absolute atomic E-state index is 0.375. The topological polar surface area (TPSA) is 0 Å². The van der Waals surface area contributed by atoms with Crippen LogP contribution < -0.4 is 0 Å². The third-order valence-corrected chi connectivity index (χ3v) is 31.9. The van der Waals surface area contributed by atoms with E-state index >= 15 is 0 Å². The number of rotatable bonds is 12. The van der Waals surface area contributed by atoms with Crippen LogP contribution in [0.15, 0.2) is 0 Å². The van der Waals surface area contributed by atoms with Gasteiger partial charge >= 0.3 is 0 Å². The van der Waals surface area contributed by atoms with Crippen LogP contribution in [0.2, 0.25) is 0 Å². The minimum Gasteiger partial charge on any atom is -0.0651 e. The number of hydrogen-bond donors (Lipinski definition) is 0. The Morgan fingerprint density at radius 2 is 0.430 bits per heavy atom. The predicted molar refractivity (Wildman–Crippen MR) is 517 cm³/mol. The van der Waals surface area contributed by atoms with Crippen LogP contribution in [0.1, 0.15) is 531 Å². The lowest BCUT2D eigenvalue weighted by atomic mass is 9.56. The van der Waals surface area contributed by atoms with Gasteiger partial charge in [-0.15, -0.1) is 0 Å². The van der Waals surface area contributed by atoms with Crippen LogP contribution in [0, 0.1) is 168 Å². The Morgan fingerprint density at radius 3 is 0.430 bits per heavy atom. The van der Waals surface area contributed by atoms with Gasteiger partial charge in [-0.25, -0.2) is 0 Å². The first kappa shape index (κ1) is 133. The summed E-state index contributed by atoms with van der Waals surface area (Å²) in [4.78, 5) is 0. The molecule has 107 heavy (non-hydrogen) atoms. The van der Waals surface area contributed by atoms with Gasteiger partial charge < -0.3 is 0 Å². The average Bonchev–Trinajstić information content (AvgIpc) is 0.792. The highest BCUT2D eigenvalue weighted by Crippen LogP contribution is 2.51. The maximum Gasteiger partial charge on any atom is -0.0257 e. The Balaban J connectivity index is -0.0000000921. The van der Waals surface area contributed by atoms with Gasteiger partial charge in [0.25, 0.3) is 0 Å². The van der Waals surface area contributed by atoms with E-state index in [1.807, 2.05) is 0 Å². The Morgan fingerprint density at radius 1 is 0.206 bits per heavy atom. The zero-order valence-corrected chi connectivity index (χ0v) is 91.5. The average molecular weight is 1530 g/mol. The molecule has 0 saturated carbocycles. The highest BCUT2D eigenvalue weighted by Gasteiger charge is 2.42. The van der Waals surface area contributed by atoms with Crippen LogP contribution in [-0.2, 0) is 0 Å². The minimum atomic E-state index is 0.375. The fraction of sp³-hybridized carbons (Fsp3) is 1.00. The molecular weight excluding hydrogens is 1290 g/mol. The van der Waals surface area contributed by atoms with E-state index in [1.165, 1.54) is 32.1 Å². The molecule has 0 rings (SSSR count). The molecule has 0 fully saturated rings. The van der Waals surface area contributed by atoms with Crippen molar-refractivity contribution in [1.29, 1.82) is 0 Å². The summed E-state index contributed by atoms with van der Waals surface area (Å²) < 4.78 is 0. The van der Waals surface area contributed by atoms with E-state index in [1.54, 1.807) is 0 Å². The molecular formula is C107H238. The fourth-order valence-electron chi connectivity index (χ4n) is 8.42. The third-order valence-electron chi connectivity index (χ3n) is 31.9. The zero-order chi connectivity index (χ0) is 91.5. The highest BCUT2D eigenvalue weighted by molar-refractivity contribution is 4.92. The smallest absolute Gasteiger partial charge is 0.0257 e. The monoisotopic (exact) mass is 1520 g/mol. The van der Waals surface area contributed by atoms with Crippen molar-refractivity contribution in [2.24, 2.45) is 168 Å². The molecule has 0 aliphatic rings. The summed E-state index contributed by atoms with van der Waals surface area (Å²) in [5.41, 5.74) is 8.14. The summed E-state index contributed by atoms with van der Waals surface area (Å²) in [7, 11) is 0. The molecule has 0 N–H and O–H groups in total. The molecule has 666 valence electrons. The van der Waals surface area contributed by atoms with E-state index in [0.717, 1.165) is 71.0 Å². The van der Waals surface area contributed by atoms with Crippen molar-refractivity contribution >= 4 is 0 Å². The summed E-state index contributed by atoms with van der Waals surface area (Å²) in [5.74, 6) is 9.79. The second-order valence-corrected chi connectivity index (χ2v) is 52.9. The van der Waals surface area contributed by atoms with E-state index in [-0.39, 0.29) is 0 Å². The largest absolute Gasteiger partial charge is 0.0651 e. The van der Waals surface area contributed by atoms with Gasteiger partial charge in [-0.2, -0.15) is 0 Å². The highest BCUT2D eigenvalue weighted by atomic mass is 14.5. The molecule has 0 aromatic rings. The molecule has 0 heteroatoms. The molecule has 0 radical (unpaired) electrons. The van der Waals surface area contributed by atoms with Crippen LogP contribution in [0.5, 0.6) is 0 Å². The molecule has 0 aromatic heterocycles. The van der Waals surface area contributed by atoms with Gasteiger partial charge in [0.2, 0.25) is 0 Å². The maximum absolute atomic E-state index is 2.35. The normalized spacial score (nSPS) is 14.4. The second-order valence-electron chi connectivity index (χ2n) is 52.9. The molecule has 0 amide bonds. The maximum atomic E-state index is 2.35. The fourth-order valence-corrected chi connectivity index (χ4v) is 8.42. The number of hydrogen-bond acceptors (Lipinski definition) is 0. The Labute approximate surface area is 694 Å². The van der Waals surface area contributed by atoms with E-state index in [9.17, 15) is 0 Å². The summed E-state index contributed by atoms with van der Waals surface area (Å²) in [6.07, 6.45) is 6.39. The Kier molecular flexibility index (Phi) is 65.5. The van der Waals surface area contributed by atoms with E-state index in [2.05, 4.69) is 499 Å². The molecule has 1 unspecified atom stereocenters. The third kappa shape index (κ3) is 64.8. The molecule has 0 aliphatic carbocycles. The van der Waals surface area contributed by atoms with Crippen LogP contribution in [-0.4, -0.2) is 0 Å². The van der Waals surface area contributed by atoms with Gasteiger partial charge in [-0.1, -0.05) is 531 Å². The van der Waals surface area contributed by atoms with Crippen molar-refractivity contribution < 1.29 is 0 Å². The van der Waals surface area contributed by atoms with E-state index in [0.29, 0.717) is 97.5 Å². The van der Waals surface area contributed by atoms with Crippen LogP contribution >= 0.6 is 0 Å². The lowest BCUT2D eigenvalue weighted by Crippen LogP contribution is -2.41. The van der Waals surface area contributed by atoms with Crippen LogP contribution in [0.25, 0.3) is 0 Å². The van der Waals surface area contributed by atoms with Crippen molar-refractivity contribution in [2.45, 2.75) is 531 Å². The van der Waals surface area contributed by atoms with Gasteiger partial charge in [0, 0.05) is 0 Å². The molecule has 3 atom stereocenters. The van der Waals surface area contributed by atoms with Crippen LogP contribution in [0.4, 0.5) is 0 Å². The molecule has 0 saturated heterocycles. The molecule has 0 bridgehead atoms. The lowest BCUT2D eigenvalue weighted by molar-refractivity contribution is 0.00575. The van der Waals surface area contributed by atoms with Crippen molar-refractivity contribution in [3.05, 3.63) is 0 Å². The van der Waals surface area contributed by atoms with Gasteiger partial charge in [0.15, 0.2) is 0 Å². The zero-order valence-electron chi connectivity index (χ0n) is 91.5. The van der Waals surface area contributed by atoms with Gasteiger partial charge in [-0.3, -0.25) is 0 Å². The molecule has 0 nitrogen and oxygen atoms in total. The molecule has 0 aliphatic heterocycles. The van der Waals surface area contributed by atoms with E-state index < -0.39 is 0 Å². The molecule has 0 spiro atoms. The van der Waals surface area contributed by atoms with Crippen molar-refractivity contribution in [1.82, 2.24) is 0 Å².